The Hall–Kier alpha value is -3.16. The Morgan fingerprint density at radius 2 is 2.18 bits per heavy atom. The van der Waals surface area contributed by atoms with E-state index in [9.17, 15) is 14.0 Å². The number of aryl methyl sites for hydroxylation is 1. The van der Waals surface area contributed by atoms with E-state index in [-0.39, 0.29) is 24.1 Å². The molecule has 1 atom stereocenters. The van der Waals surface area contributed by atoms with Gasteiger partial charge in [0.1, 0.15) is 23.2 Å². The molecule has 4 rings (SSSR count). The Kier molecular flexibility index (Phi) is 4.62. The maximum Gasteiger partial charge on any atom is 0.247 e. The molecule has 28 heavy (non-hydrogen) atoms. The number of hydrogen-bond acceptors (Lipinski definition) is 4. The normalized spacial score (nSPS) is 14.8. The van der Waals surface area contributed by atoms with E-state index in [1.807, 2.05) is 0 Å². The lowest BCUT2D eigenvalue weighted by Crippen LogP contribution is -2.44. The van der Waals surface area contributed by atoms with Crippen molar-refractivity contribution in [3.63, 3.8) is 0 Å². The molecule has 0 aliphatic heterocycles. The van der Waals surface area contributed by atoms with Crippen LogP contribution in [0.4, 0.5) is 10.1 Å². The third-order valence-electron chi connectivity index (χ3n) is 4.93. The van der Waals surface area contributed by atoms with E-state index < -0.39 is 6.04 Å². The van der Waals surface area contributed by atoms with Crippen molar-refractivity contribution in [3.05, 3.63) is 47.2 Å². The highest BCUT2D eigenvalue weighted by Gasteiger charge is 2.33. The van der Waals surface area contributed by atoms with Crippen molar-refractivity contribution in [1.29, 1.82) is 0 Å². The van der Waals surface area contributed by atoms with Gasteiger partial charge >= 0.3 is 0 Å². The zero-order valence-electron chi connectivity index (χ0n) is 15.6. The average molecular weight is 384 g/mol. The number of nitrogens with one attached hydrogen (secondary N) is 3. The lowest BCUT2D eigenvalue weighted by Gasteiger charge is -2.17. The van der Waals surface area contributed by atoms with Crippen LogP contribution in [0, 0.1) is 12.7 Å². The highest BCUT2D eigenvalue weighted by molar-refractivity contribution is 5.98. The molecule has 0 bridgehead atoms. The number of aromatic nitrogens is 2. The van der Waals surface area contributed by atoms with Gasteiger partial charge in [-0.1, -0.05) is 5.16 Å². The summed E-state index contributed by atoms with van der Waals surface area (Å²) in [4.78, 5) is 27.6. The van der Waals surface area contributed by atoms with Crippen LogP contribution in [0.5, 0.6) is 0 Å². The third-order valence-corrected chi connectivity index (χ3v) is 4.93. The Morgan fingerprint density at radius 1 is 1.39 bits per heavy atom. The van der Waals surface area contributed by atoms with Gasteiger partial charge in [-0.2, -0.15) is 0 Å². The summed E-state index contributed by atoms with van der Waals surface area (Å²) in [5.74, 6) is -0.0165. The van der Waals surface area contributed by atoms with Crippen LogP contribution >= 0.6 is 0 Å². The predicted molar refractivity (Wildman–Crippen MR) is 101 cm³/mol. The number of H-pyrrole nitrogens is 1. The van der Waals surface area contributed by atoms with Gasteiger partial charge in [0.25, 0.3) is 0 Å². The largest absolute Gasteiger partial charge is 0.361 e. The number of hydrogen-bond donors (Lipinski definition) is 3. The molecule has 1 unspecified atom stereocenters. The number of carbonyl (C=O) groups excluding carboxylic acids is 2. The van der Waals surface area contributed by atoms with Gasteiger partial charge in [-0.15, -0.1) is 0 Å². The maximum atomic E-state index is 13.4. The summed E-state index contributed by atoms with van der Waals surface area (Å²) in [5, 5.41) is 10.3. The number of halogens is 1. The van der Waals surface area contributed by atoms with Crippen LogP contribution in [0.1, 0.15) is 42.7 Å². The van der Waals surface area contributed by atoms with Crippen molar-refractivity contribution in [3.8, 4) is 0 Å². The second kappa shape index (κ2) is 7.10. The summed E-state index contributed by atoms with van der Waals surface area (Å²) in [6.07, 6.45) is 4.02. The predicted octanol–water partition coefficient (Wildman–Crippen LogP) is 3.17. The van der Waals surface area contributed by atoms with E-state index in [0.717, 1.165) is 23.8 Å². The van der Waals surface area contributed by atoms with Gasteiger partial charge in [-0.3, -0.25) is 9.59 Å². The fraction of sp³-hybridized carbons (Fsp3) is 0.350. The highest BCUT2D eigenvalue weighted by Crippen LogP contribution is 2.44. The summed E-state index contributed by atoms with van der Waals surface area (Å²) in [7, 11) is 0. The molecule has 8 heteroatoms. The van der Waals surface area contributed by atoms with E-state index in [4.69, 9.17) is 4.52 Å². The van der Waals surface area contributed by atoms with Crippen LogP contribution < -0.4 is 10.6 Å². The molecule has 146 valence electrons. The molecule has 1 aliphatic rings. The summed E-state index contributed by atoms with van der Waals surface area (Å²) in [6, 6.07) is 3.64. The molecule has 0 spiro atoms. The average Bonchev–Trinajstić information content (AvgIpc) is 3.32. The molecule has 3 N–H and O–H groups in total. The van der Waals surface area contributed by atoms with Crippen molar-refractivity contribution < 1.29 is 18.5 Å². The number of benzene rings is 1. The monoisotopic (exact) mass is 384 g/mol. The molecule has 2 aromatic heterocycles. The van der Waals surface area contributed by atoms with Crippen molar-refractivity contribution in [2.75, 3.05) is 5.32 Å². The van der Waals surface area contributed by atoms with Gasteiger partial charge in [-0.05, 0) is 43.5 Å². The molecular weight excluding hydrogens is 363 g/mol. The Bertz CT molecular complexity index is 1050. The first-order valence-electron chi connectivity index (χ1n) is 9.22. The van der Waals surface area contributed by atoms with Gasteiger partial charge in [-0.25, -0.2) is 4.39 Å². The van der Waals surface area contributed by atoms with Gasteiger partial charge in [0, 0.05) is 36.4 Å². The Balaban J connectivity index is 1.58. The standard InChI is InChI=1S/C20H21FN4O3/c1-10-18(19(28-25-10)12-3-4-12)24-20(27)17(23-11(2)26)7-13-9-22-16-8-14(21)5-6-15(13)16/h5-6,8-9,12,17,22H,3-4,7H2,1-2H3,(H,23,26)(H,24,27). The van der Waals surface area contributed by atoms with E-state index in [1.165, 1.54) is 19.1 Å². The molecule has 1 fully saturated rings. The summed E-state index contributed by atoms with van der Waals surface area (Å²) >= 11 is 0. The molecule has 1 saturated carbocycles. The highest BCUT2D eigenvalue weighted by atomic mass is 19.1. The number of carbonyl (C=O) groups is 2. The second-order valence-corrected chi connectivity index (χ2v) is 7.23. The van der Waals surface area contributed by atoms with Crippen LogP contribution in [-0.2, 0) is 16.0 Å². The van der Waals surface area contributed by atoms with Crippen LogP contribution in [0.25, 0.3) is 10.9 Å². The molecular formula is C20H21FN4O3. The van der Waals surface area contributed by atoms with E-state index >= 15 is 0 Å². The second-order valence-electron chi connectivity index (χ2n) is 7.23. The number of nitrogens with zero attached hydrogens (tertiary/aromatic N) is 1. The van der Waals surface area contributed by atoms with Crippen molar-refractivity contribution in [1.82, 2.24) is 15.5 Å². The molecule has 1 aromatic carbocycles. The first-order valence-corrected chi connectivity index (χ1v) is 9.22. The molecule has 3 aromatic rings. The van der Waals surface area contributed by atoms with Gasteiger partial charge in [0.15, 0.2) is 5.76 Å². The van der Waals surface area contributed by atoms with Gasteiger partial charge in [0.05, 0.1) is 0 Å². The lowest BCUT2D eigenvalue weighted by molar-refractivity contribution is -0.125. The third kappa shape index (κ3) is 3.62. The van der Waals surface area contributed by atoms with Crippen molar-refractivity contribution >= 4 is 28.4 Å². The topological polar surface area (TPSA) is 100 Å². The fourth-order valence-corrected chi connectivity index (χ4v) is 3.38. The summed E-state index contributed by atoms with van der Waals surface area (Å²) < 4.78 is 18.8. The number of anilines is 1. The van der Waals surface area contributed by atoms with Crippen molar-refractivity contribution in [2.45, 2.75) is 45.1 Å². The number of aromatic amines is 1. The molecule has 7 nitrogen and oxygen atoms in total. The van der Waals surface area contributed by atoms with E-state index in [0.29, 0.717) is 28.6 Å². The van der Waals surface area contributed by atoms with Gasteiger partial charge in [0.2, 0.25) is 11.8 Å². The van der Waals surface area contributed by atoms with Gasteiger partial charge < -0.3 is 20.1 Å². The molecule has 2 heterocycles. The van der Waals surface area contributed by atoms with Crippen LogP contribution in [-0.4, -0.2) is 28.0 Å². The molecule has 1 aliphatic carbocycles. The quantitative estimate of drug-likeness (QED) is 0.608. The molecule has 0 radical (unpaired) electrons. The minimum absolute atomic E-state index is 0.264. The maximum absolute atomic E-state index is 13.4. The Labute approximate surface area is 160 Å². The number of fused-ring (bicyclic) bond motifs is 1. The number of amides is 2. The molecule has 2 amide bonds. The lowest BCUT2D eigenvalue weighted by atomic mass is 10.0. The zero-order valence-corrected chi connectivity index (χ0v) is 15.6. The molecule has 0 saturated heterocycles. The van der Waals surface area contributed by atoms with Crippen molar-refractivity contribution in [2.24, 2.45) is 0 Å². The zero-order chi connectivity index (χ0) is 19.8. The summed E-state index contributed by atoms with van der Waals surface area (Å²) in [6.45, 7) is 3.14. The minimum atomic E-state index is -0.789. The first kappa shape index (κ1) is 18.2. The fourth-order valence-electron chi connectivity index (χ4n) is 3.38. The first-order chi connectivity index (χ1) is 13.4. The minimum Gasteiger partial charge on any atom is -0.361 e. The smallest absolute Gasteiger partial charge is 0.247 e. The Morgan fingerprint density at radius 3 is 2.89 bits per heavy atom. The van der Waals surface area contributed by atoms with E-state index in [2.05, 4.69) is 20.8 Å². The van der Waals surface area contributed by atoms with Crippen LogP contribution in [0.15, 0.2) is 28.9 Å². The number of rotatable bonds is 6. The SMILES string of the molecule is CC(=O)NC(Cc1c[nH]c2cc(F)ccc12)C(=O)Nc1c(C)noc1C1CC1. The van der Waals surface area contributed by atoms with E-state index in [1.54, 1.807) is 19.2 Å². The van der Waals surface area contributed by atoms with Crippen LogP contribution in [0.2, 0.25) is 0 Å². The summed E-state index contributed by atoms with van der Waals surface area (Å²) in [5.41, 5.74) is 2.65. The van der Waals surface area contributed by atoms with Crippen LogP contribution in [0.3, 0.4) is 0 Å².